The maximum absolute atomic E-state index is 13.8. The zero-order chi connectivity index (χ0) is 32.6. The van der Waals surface area contributed by atoms with Crippen molar-refractivity contribution in [3.05, 3.63) is 132 Å². The van der Waals surface area contributed by atoms with E-state index in [1.807, 2.05) is 78.9 Å². The van der Waals surface area contributed by atoms with Gasteiger partial charge in [-0.15, -0.1) is 0 Å². The summed E-state index contributed by atoms with van der Waals surface area (Å²) in [5.41, 5.74) is 4.57. The van der Waals surface area contributed by atoms with E-state index in [0.29, 0.717) is 30.0 Å². The van der Waals surface area contributed by atoms with Gasteiger partial charge in [-0.2, -0.15) is 0 Å². The van der Waals surface area contributed by atoms with Crippen LogP contribution >= 0.6 is 0 Å². The second-order valence-corrected chi connectivity index (χ2v) is 11.1. The zero-order valence-electron chi connectivity index (χ0n) is 26.0. The summed E-state index contributed by atoms with van der Waals surface area (Å²) in [7, 11) is 0. The predicted octanol–water partition coefficient (Wildman–Crippen LogP) is 7.60. The number of benzene rings is 5. The Balaban J connectivity index is 1.17. The molecule has 0 bridgehead atoms. The van der Waals surface area contributed by atoms with E-state index in [1.54, 1.807) is 31.2 Å². The van der Waals surface area contributed by atoms with Gasteiger partial charge in [-0.05, 0) is 83.9 Å². The summed E-state index contributed by atoms with van der Waals surface area (Å²) in [6, 6.07) is 38.0. The number of amides is 2. The van der Waals surface area contributed by atoms with E-state index in [2.05, 4.69) is 34.1 Å². The van der Waals surface area contributed by atoms with Crippen LogP contribution in [0.25, 0.3) is 33.1 Å². The summed E-state index contributed by atoms with van der Waals surface area (Å²) in [6.45, 7) is 2.23. The van der Waals surface area contributed by atoms with Crippen molar-refractivity contribution in [1.82, 2.24) is 5.32 Å². The van der Waals surface area contributed by atoms with E-state index >= 15 is 0 Å². The molecule has 0 fully saturated rings. The number of hydrogen-bond donors (Lipinski definition) is 3. The highest BCUT2D eigenvalue weighted by molar-refractivity contribution is 5.98. The molecular formula is C39H35N3O5. The fraction of sp³-hybridized carbons (Fsp3) is 0.154. The van der Waals surface area contributed by atoms with Crippen molar-refractivity contribution in [2.24, 2.45) is 0 Å². The minimum atomic E-state index is -0.625. The Morgan fingerprint density at radius 1 is 0.766 bits per heavy atom. The standard InChI is InChI=1S/C39H35N3O5/c1-2-46-37(43)22-23-40-38(44)28-16-20-31(21-17-28)41-34(24-29-11-7-10-26-8-3-5-12-33(26)29)39(45)42-32-18-14-27(15-19-32)36-25-30-9-4-6-13-35(30)47-36/h3-21,25,34,41H,2,22-24H2,1H3,(H,40,44)(H,42,45)/t34-/m0/s1. The van der Waals surface area contributed by atoms with Crippen LogP contribution in [0.15, 0.2) is 126 Å². The molecule has 3 N–H and O–H groups in total. The summed E-state index contributed by atoms with van der Waals surface area (Å²) in [6.07, 6.45) is 0.535. The lowest BCUT2D eigenvalue weighted by Crippen LogP contribution is -2.36. The quantitative estimate of drug-likeness (QED) is 0.121. The molecule has 8 heteroatoms. The molecule has 0 radical (unpaired) electrons. The van der Waals surface area contributed by atoms with Crippen LogP contribution in [0.5, 0.6) is 0 Å². The van der Waals surface area contributed by atoms with Gasteiger partial charge in [-0.3, -0.25) is 14.4 Å². The third-order valence-corrected chi connectivity index (χ3v) is 7.89. The number of furan rings is 1. The monoisotopic (exact) mass is 625 g/mol. The topological polar surface area (TPSA) is 110 Å². The second-order valence-electron chi connectivity index (χ2n) is 11.1. The molecule has 0 aliphatic rings. The number of ether oxygens (including phenoxy) is 1. The Morgan fingerprint density at radius 3 is 2.23 bits per heavy atom. The third kappa shape index (κ3) is 7.68. The van der Waals surface area contributed by atoms with Crippen LogP contribution in [0.4, 0.5) is 11.4 Å². The first kappa shape index (κ1) is 31.1. The Hall–Kier alpha value is -5.89. The van der Waals surface area contributed by atoms with Crippen LogP contribution in [0, 0.1) is 0 Å². The molecule has 236 valence electrons. The van der Waals surface area contributed by atoms with E-state index in [-0.39, 0.29) is 30.7 Å². The number of carbonyl (C=O) groups excluding carboxylic acids is 3. The minimum Gasteiger partial charge on any atom is -0.466 e. The van der Waals surface area contributed by atoms with Crippen LogP contribution < -0.4 is 16.0 Å². The van der Waals surface area contributed by atoms with Crippen molar-refractivity contribution in [3.8, 4) is 11.3 Å². The average molecular weight is 626 g/mol. The highest BCUT2D eigenvalue weighted by Crippen LogP contribution is 2.29. The number of fused-ring (bicyclic) bond motifs is 2. The fourth-order valence-corrected chi connectivity index (χ4v) is 5.50. The van der Waals surface area contributed by atoms with Crippen LogP contribution in [0.2, 0.25) is 0 Å². The smallest absolute Gasteiger partial charge is 0.307 e. The number of esters is 1. The van der Waals surface area contributed by atoms with Crippen molar-refractivity contribution in [3.63, 3.8) is 0 Å². The van der Waals surface area contributed by atoms with Crippen LogP contribution in [0.1, 0.15) is 29.3 Å². The molecule has 0 saturated heterocycles. The molecule has 6 aromatic rings. The highest BCUT2D eigenvalue weighted by Gasteiger charge is 2.21. The van der Waals surface area contributed by atoms with E-state index in [0.717, 1.165) is 38.6 Å². The molecule has 1 atom stereocenters. The number of rotatable bonds is 12. The van der Waals surface area contributed by atoms with Gasteiger partial charge < -0.3 is 25.1 Å². The van der Waals surface area contributed by atoms with Crippen molar-refractivity contribution < 1.29 is 23.5 Å². The summed E-state index contributed by atoms with van der Waals surface area (Å²) in [5.74, 6) is -0.0899. The lowest BCUT2D eigenvalue weighted by atomic mass is 9.98. The number of nitrogens with one attached hydrogen (secondary N) is 3. The largest absolute Gasteiger partial charge is 0.466 e. The molecule has 0 spiro atoms. The van der Waals surface area contributed by atoms with E-state index in [1.165, 1.54) is 0 Å². The van der Waals surface area contributed by atoms with Crippen molar-refractivity contribution >= 4 is 50.9 Å². The molecular weight excluding hydrogens is 590 g/mol. The lowest BCUT2D eigenvalue weighted by Gasteiger charge is -2.21. The maximum Gasteiger partial charge on any atom is 0.307 e. The van der Waals surface area contributed by atoms with Crippen molar-refractivity contribution in [2.75, 3.05) is 23.8 Å². The molecule has 0 unspecified atom stereocenters. The molecule has 1 heterocycles. The first-order valence-electron chi connectivity index (χ1n) is 15.6. The third-order valence-electron chi connectivity index (χ3n) is 7.89. The number of anilines is 2. The first-order chi connectivity index (χ1) is 23.0. The van der Waals surface area contributed by atoms with Gasteiger partial charge in [0.15, 0.2) is 0 Å². The maximum atomic E-state index is 13.8. The van der Waals surface area contributed by atoms with Gasteiger partial charge in [0.25, 0.3) is 5.91 Å². The van der Waals surface area contributed by atoms with E-state index in [4.69, 9.17) is 9.15 Å². The summed E-state index contributed by atoms with van der Waals surface area (Å²) in [4.78, 5) is 38.0. The van der Waals surface area contributed by atoms with Gasteiger partial charge in [0.2, 0.25) is 5.91 Å². The Kier molecular flexibility index (Phi) is 9.58. The second kappa shape index (κ2) is 14.5. The number of carbonyl (C=O) groups is 3. The Labute approximate surface area is 272 Å². The lowest BCUT2D eigenvalue weighted by molar-refractivity contribution is -0.142. The SMILES string of the molecule is CCOC(=O)CCNC(=O)c1ccc(N[C@@H](Cc2cccc3ccccc23)C(=O)Nc2ccc(-c3cc4ccccc4o3)cc2)cc1. The molecule has 0 saturated carbocycles. The van der Waals surface area contributed by atoms with Gasteiger partial charge in [0.05, 0.1) is 13.0 Å². The summed E-state index contributed by atoms with van der Waals surface area (Å²) < 4.78 is 10.9. The van der Waals surface area contributed by atoms with Crippen molar-refractivity contribution in [1.29, 1.82) is 0 Å². The number of hydrogen-bond acceptors (Lipinski definition) is 6. The fourth-order valence-electron chi connectivity index (χ4n) is 5.50. The van der Waals surface area contributed by atoms with E-state index in [9.17, 15) is 14.4 Å². The van der Waals surface area contributed by atoms with Crippen LogP contribution in [-0.4, -0.2) is 37.0 Å². The van der Waals surface area contributed by atoms with E-state index < -0.39 is 6.04 Å². The van der Waals surface area contributed by atoms with Gasteiger partial charge >= 0.3 is 5.97 Å². The van der Waals surface area contributed by atoms with Gasteiger partial charge in [-0.1, -0.05) is 60.7 Å². The van der Waals surface area contributed by atoms with Crippen LogP contribution in [0.3, 0.4) is 0 Å². The zero-order valence-corrected chi connectivity index (χ0v) is 26.0. The van der Waals surface area contributed by atoms with Crippen LogP contribution in [-0.2, 0) is 20.7 Å². The molecule has 8 nitrogen and oxygen atoms in total. The average Bonchev–Trinajstić information content (AvgIpc) is 3.53. The van der Waals surface area contributed by atoms with Gasteiger partial charge in [0, 0.05) is 40.9 Å². The van der Waals surface area contributed by atoms with Gasteiger partial charge in [-0.25, -0.2) is 0 Å². The molecule has 2 amide bonds. The molecule has 0 aliphatic heterocycles. The highest BCUT2D eigenvalue weighted by atomic mass is 16.5. The first-order valence-corrected chi connectivity index (χ1v) is 15.6. The molecule has 5 aromatic carbocycles. The molecule has 47 heavy (non-hydrogen) atoms. The Bertz CT molecular complexity index is 1980. The normalized spacial score (nSPS) is 11.6. The summed E-state index contributed by atoms with van der Waals surface area (Å²) >= 11 is 0. The van der Waals surface area contributed by atoms with Gasteiger partial charge in [0.1, 0.15) is 17.4 Å². The summed E-state index contributed by atoms with van der Waals surface area (Å²) in [5, 5.41) is 12.4. The minimum absolute atomic E-state index is 0.104. The predicted molar refractivity (Wildman–Crippen MR) is 185 cm³/mol. The molecule has 0 aliphatic carbocycles. The number of para-hydroxylation sites is 1. The Morgan fingerprint density at radius 2 is 1.47 bits per heavy atom. The molecule has 1 aromatic heterocycles. The van der Waals surface area contributed by atoms with Crippen molar-refractivity contribution in [2.45, 2.75) is 25.8 Å². The molecule has 6 rings (SSSR count).